The number of aromatic nitrogens is 1. The Kier molecular flexibility index (Phi) is 3.76. The molecule has 18 heavy (non-hydrogen) atoms. The highest BCUT2D eigenvalue weighted by Crippen LogP contribution is 2.28. The van der Waals surface area contributed by atoms with Crippen molar-refractivity contribution in [1.29, 1.82) is 0 Å². The van der Waals surface area contributed by atoms with Gasteiger partial charge >= 0.3 is 0 Å². The lowest BCUT2D eigenvalue weighted by molar-refractivity contribution is -0.385. The van der Waals surface area contributed by atoms with Crippen LogP contribution in [0.3, 0.4) is 0 Å². The number of aryl methyl sites for hydroxylation is 1. The van der Waals surface area contributed by atoms with Crippen molar-refractivity contribution >= 4 is 11.5 Å². The second kappa shape index (κ2) is 5.30. The first kappa shape index (κ1) is 12.8. The molecule has 0 spiro atoms. The van der Waals surface area contributed by atoms with Crippen LogP contribution in [0.25, 0.3) is 0 Å². The number of hydrogen-bond donors (Lipinski definition) is 2. The quantitative estimate of drug-likeness (QED) is 0.628. The van der Waals surface area contributed by atoms with Crippen LogP contribution in [-0.2, 0) is 0 Å². The van der Waals surface area contributed by atoms with Crippen molar-refractivity contribution in [3.8, 4) is 0 Å². The molecule has 1 fully saturated rings. The predicted molar refractivity (Wildman–Crippen MR) is 69.4 cm³/mol. The third-order valence-electron chi connectivity index (χ3n) is 3.55. The second-order valence-corrected chi connectivity index (χ2v) is 4.74. The minimum atomic E-state index is -0.412. The van der Waals surface area contributed by atoms with E-state index in [1.807, 2.05) is 0 Å². The van der Waals surface area contributed by atoms with E-state index >= 15 is 0 Å². The number of rotatable bonds is 4. The summed E-state index contributed by atoms with van der Waals surface area (Å²) in [5, 5.41) is 14.0. The van der Waals surface area contributed by atoms with E-state index in [-0.39, 0.29) is 5.69 Å². The first-order valence-electron chi connectivity index (χ1n) is 6.20. The molecular formula is C12H18N4O2. The van der Waals surface area contributed by atoms with Gasteiger partial charge in [0, 0.05) is 12.1 Å². The smallest absolute Gasteiger partial charge is 0.290 e. The maximum absolute atomic E-state index is 10.7. The van der Waals surface area contributed by atoms with E-state index in [4.69, 9.17) is 5.73 Å². The van der Waals surface area contributed by atoms with Gasteiger partial charge in [-0.3, -0.25) is 10.1 Å². The number of pyridine rings is 1. The van der Waals surface area contributed by atoms with Gasteiger partial charge in [0.2, 0.25) is 0 Å². The average Bonchev–Trinajstić information content (AvgIpc) is 2.76. The number of hydrogen-bond acceptors (Lipinski definition) is 5. The first-order valence-corrected chi connectivity index (χ1v) is 6.20. The minimum Gasteiger partial charge on any atom is -0.367 e. The summed E-state index contributed by atoms with van der Waals surface area (Å²) in [6.07, 6.45) is 3.39. The lowest BCUT2D eigenvalue weighted by atomic mass is 10.0. The van der Waals surface area contributed by atoms with Crippen molar-refractivity contribution in [2.75, 3.05) is 11.9 Å². The normalized spacial score (nSPS) is 23.0. The van der Waals surface area contributed by atoms with Crippen molar-refractivity contribution in [1.82, 2.24) is 4.98 Å². The summed E-state index contributed by atoms with van der Waals surface area (Å²) in [6.45, 7) is 2.32. The van der Waals surface area contributed by atoms with Gasteiger partial charge in [-0.2, -0.15) is 0 Å². The fourth-order valence-electron chi connectivity index (χ4n) is 2.53. The molecule has 1 aliphatic rings. The predicted octanol–water partition coefficient (Wildman–Crippen LogP) is 1.84. The SMILES string of the molecule is Cc1nc(NC2CCCC2CN)ccc1[N+](=O)[O-]. The molecule has 0 bridgehead atoms. The van der Waals surface area contributed by atoms with Gasteiger partial charge in [-0.15, -0.1) is 0 Å². The van der Waals surface area contributed by atoms with Crippen LogP contribution in [0.5, 0.6) is 0 Å². The van der Waals surface area contributed by atoms with Gasteiger partial charge in [-0.05, 0) is 38.3 Å². The summed E-state index contributed by atoms with van der Waals surface area (Å²) in [5.41, 5.74) is 6.22. The van der Waals surface area contributed by atoms with E-state index in [1.165, 1.54) is 12.5 Å². The van der Waals surface area contributed by atoms with Crippen molar-refractivity contribution < 1.29 is 4.92 Å². The standard InChI is InChI=1S/C12H18N4O2/c1-8-11(16(17)18)5-6-12(14-8)15-10-4-2-3-9(10)7-13/h5-6,9-10H,2-4,7,13H2,1H3,(H,14,15). The number of nitro groups is 1. The molecule has 3 N–H and O–H groups in total. The molecule has 0 aliphatic heterocycles. The fourth-order valence-corrected chi connectivity index (χ4v) is 2.53. The Morgan fingerprint density at radius 2 is 2.33 bits per heavy atom. The van der Waals surface area contributed by atoms with Gasteiger partial charge in [-0.25, -0.2) is 4.98 Å². The van der Waals surface area contributed by atoms with Crippen LogP contribution in [-0.4, -0.2) is 22.5 Å². The maximum Gasteiger partial charge on any atom is 0.290 e. The van der Waals surface area contributed by atoms with Crippen molar-refractivity contribution in [2.45, 2.75) is 32.2 Å². The molecule has 1 aliphatic carbocycles. The highest BCUT2D eigenvalue weighted by molar-refractivity contribution is 5.45. The summed E-state index contributed by atoms with van der Waals surface area (Å²) >= 11 is 0. The zero-order valence-electron chi connectivity index (χ0n) is 10.4. The van der Waals surface area contributed by atoms with E-state index in [0.29, 0.717) is 30.0 Å². The van der Waals surface area contributed by atoms with Gasteiger partial charge in [0.1, 0.15) is 11.5 Å². The fraction of sp³-hybridized carbons (Fsp3) is 0.583. The van der Waals surface area contributed by atoms with Gasteiger partial charge in [0.25, 0.3) is 5.69 Å². The molecule has 6 heteroatoms. The van der Waals surface area contributed by atoms with E-state index in [9.17, 15) is 10.1 Å². The Bertz CT molecular complexity index is 450. The second-order valence-electron chi connectivity index (χ2n) is 4.74. The highest BCUT2D eigenvalue weighted by atomic mass is 16.6. The minimum absolute atomic E-state index is 0.0577. The van der Waals surface area contributed by atoms with E-state index in [2.05, 4.69) is 10.3 Å². The lowest BCUT2D eigenvalue weighted by Crippen LogP contribution is -2.29. The highest BCUT2D eigenvalue weighted by Gasteiger charge is 2.26. The van der Waals surface area contributed by atoms with Gasteiger partial charge in [-0.1, -0.05) is 6.42 Å². The molecule has 0 radical (unpaired) electrons. The summed E-state index contributed by atoms with van der Waals surface area (Å²) in [5.74, 6) is 1.17. The molecule has 2 atom stereocenters. The number of anilines is 1. The summed E-state index contributed by atoms with van der Waals surface area (Å²) in [4.78, 5) is 14.5. The van der Waals surface area contributed by atoms with E-state index in [0.717, 1.165) is 12.8 Å². The zero-order valence-corrected chi connectivity index (χ0v) is 10.4. The molecule has 0 saturated heterocycles. The molecule has 1 heterocycles. The third-order valence-corrected chi connectivity index (χ3v) is 3.55. The number of nitrogens with one attached hydrogen (secondary N) is 1. The van der Waals surface area contributed by atoms with Crippen molar-refractivity contribution in [3.63, 3.8) is 0 Å². The number of nitrogens with two attached hydrogens (primary N) is 1. The Labute approximate surface area is 106 Å². The van der Waals surface area contributed by atoms with Crippen molar-refractivity contribution in [3.05, 3.63) is 27.9 Å². The van der Waals surface area contributed by atoms with E-state index in [1.54, 1.807) is 13.0 Å². The zero-order chi connectivity index (χ0) is 13.1. The molecule has 1 aromatic rings. The molecule has 2 rings (SSSR count). The molecular weight excluding hydrogens is 232 g/mol. The Balaban J connectivity index is 2.10. The summed E-state index contributed by atoms with van der Waals surface area (Å²) in [7, 11) is 0. The largest absolute Gasteiger partial charge is 0.367 e. The third kappa shape index (κ3) is 2.59. The topological polar surface area (TPSA) is 94.1 Å². The maximum atomic E-state index is 10.7. The van der Waals surface area contributed by atoms with Crippen LogP contribution in [0.15, 0.2) is 12.1 Å². The molecule has 1 aromatic heterocycles. The monoisotopic (exact) mass is 250 g/mol. The molecule has 6 nitrogen and oxygen atoms in total. The van der Waals surface area contributed by atoms with Crippen LogP contribution >= 0.6 is 0 Å². The molecule has 2 unspecified atom stereocenters. The van der Waals surface area contributed by atoms with Crippen LogP contribution in [0, 0.1) is 23.0 Å². The Morgan fingerprint density at radius 3 is 2.94 bits per heavy atom. The Hall–Kier alpha value is -1.69. The first-order chi connectivity index (χ1) is 8.61. The van der Waals surface area contributed by atoms with Gasteiger partial charge in [0.05, 0.1) is 4.92 Å². The summed E-state index contributed by atoms with van der Waals surface area (Å²) in [6, 6.07) is 3.50. The number of nitrogens with zero attached hydrogens (tertiary/aromatic N) is 2. The molecule has 0 aromatic carbocycles. The van der Waals surface area contributed by atoms with Gasteiger partial charge in [0.15, 0.2) is 0 Å². The lowest BCUT2D eigenvalue weighted by Gasteiger charge is -2.20. The molecule has 1 saturated carbocycles. The van der Waals surface area contributed by atoms with E-state index < -0.39 is 4.92 Å². The summed E-state index contributed by atoms with van der Waals surface area (Å²) < 4.78 is 0. The van der Waals surface area contributed by atoms with Crippen LogP contribution < -0.4 is 11.1 Å². The van der Waals surface area contributed by atoms with Gasteiger partial charge < -0.3 is 11.1 Å². The van der Waals surface area contributed by atoms with Crippen molar-refractivity contribution in [2.24, 2.45) is 11.7 Å². The average molecular weight is 250 g/mol. The molecule has 98 valence electrons. The van der Waals surface area contributed by atoms with Crippen LogP contribution in [0.4, 0.5) is 11.5 Å². The molecule has 0 amide bonds. The van der Waals surface area contributed by atoms with Crippen LogP contribution in [0.1, 0.15) is 25.0 Å². The van der Waals surface area contributed by atoms with Crippen LogP contribution in [0.2, 0.25) is 0 Å². The Morgan fingerprint density at radius 1 is 1.56 bits per heavy atom.